The number of fused-ring (bicyclic) bond motifs is 1. The van der Waals surface area contributed by atoms with Crippen molar-refractivity contribution in [2.75, 3.05) is 14.2 Å². The Bertz CT molecular complexity index is 1030. The number of hydrogen-bond acceptors (Lipinski definition) is 4. The van der Waals surface area contributed by atoms with Gasteiger partial charge in [-0.05, 0) is 28.5 Å². The van der Waals surface area contributed by atoms with E-state index in [1.54, 1.807) is 0 Å². The highest BCUT2D eigenvalue weighted by atomic mass is 35.5. The number of nitrogens with one attached hydrogen (secondary N) is 2. The van der Waals surface area contributed by atoms with Crippen molar-refractivity contribution in [3.63, 3.8) is 0 Å². The molecule has 7 heteroatoms. The summed E-state index contributed by atoms with van der Waals surface area (Å²) in [5.74, 6) is -0.201. The van der Waals surface area contributed by atoms with Crippen LogP contribution in [-0.4, -0.2) is 26.0 Å². The lowest BCUT2D eigenvalue weighted by atomic mass is 10.0. The maximum Gasteiger partial charge on any atom is 0.269 e. The van der Waals surface area contributed by atoms with Crippen LogP contribution in [-0.2, 0) is 11.2 Å². The van der Waals surface area contributed by atoms with Crippen LogP contribution in [0.4, 0.5) is 0 Å². The molecule has 6 nitrogen and oxygen atoms in total. The smallest absolute Gasteiger partial charge is 0.269 e. The van der Waals surface area contributed by atoms with Crippen molar-refractivity contribution < 1.29 is 19.1 Å². The standard InChI is InChI=1S/C21H19ClN2O4/c1-27-18-11-15(10-17(22)20(18)28-2)21(26)24-23-19(25)12-14-8-5-7-13-6-3-4-9-16(13)14/h3-11H,12H2,1-2H3,(H,23,25)(H,24,26). The van der Waals surface area contributed by atoms with Crippen molar-refractivity contribution >= 4 is 34.2 Å². The molecule has 0 heterocycles. The average Bonchev–Trinajstić information content (AvgIpc) is 2.71. The lowest BCUT2D eigenvalue weighted by molar-refractivity contribution is -0.121. The maximum absolute atomic E-state index is 12.4. The number of carbonyl (C=O) groups is 2. The minimum Gasteiger partial charge on any atom is -0.493 e. The van der Waals surface area contributed by atoms with Crippen LogP contribution in [0.2, 0.25) is 5.02 Å². The molecule has 3 aromatic carbocycles. The van der Waals surface area contributed by atoms with Crippen molar-refractivity contribution in [3.05, 3.63) is 70.7 Å². The first kappa shape index (κ1) is 19.5. The van der Waals surface area contributed by atoms with Crippen molar-refractivity contribution in [1.82, 2.24) is 10.9 Å². The highest BCUT2D eigenvalue weighted by Gasteiger charge is 2.16. The third-order valence-electron chi connectivity index (χ3n) is 4.24. The third-order valence-corrected chi connectivity index (χ3v) is 4.52. The van der Waals surface area contributed by atoms with Crippen LogP contribution in [0.1, 0.15) is 15.9 Å². The Morgan fingerprint density at radius 1 is 0.964 bits per heavy atom. The van der Waals surface area contributed by atoms with E-state index in [4.69, 9.17) is 21.1 Å². The Labute approximate surface area is 167 Å². The molecule has 144 valence electrons. The molecule has 0 spiro atoms. The van der Waals surface area contributed by atoms with Gasteiger partial charge in [0.05, 0.1) is 25.7 Å². The summed E-state index contributed by atoms with van der Waals surface area (Å²) in [6, 6.07) is 16.5. The van der Waals surface area contributed by atoms with Gasteiger partial charge in [0, 0.05) is 5.56 Å². The summed E-state index contributed by atoms with van der Waals surface area (Å²) in [5.41, 5.74) is 5.92. The van der Waals surface area contributed by atoms with Gasteiger partial charge in [0.25, 0.3) is 5.91 Å². The summed E-state index contributed by atoms with van der Waals surface area (Å²) < 4.78 is 10.3. The summed E-state index contributed by atoms with van der Waals surface area (Å²) in [5, 5.41) is 2.28. The van der Waals surface area contributed by atoms with Crippen LogP contribution >= 0.6 is 11.6 Å². The fraction of sp³-hybridized carbons (Fsp3) is 0.143. The molecule has 3 aromatic rings. The van der Waals surface area contributed by atoms with E-state index in [0.717, 1.165) is 16.3 Å². The molecule has 0 aliphatic carbocycles. The number of halogens is 1. The zero-order valence-corrected chi connectivity index (χ0v) is 16.2. The molecule has 0 aromatic heterocycles. The number of amides is 2. The van der Waals surface area contributed by atoms with Crippen molar-refractivity contribution in [1.29, 1.82) is 0 Å². The fourth-order valence-corrected chi connectivity index (χ4v) is 3.20. The van der Waals surface area contributed by atoms with Gasteiger partial charge in [-0.2, -0.15) is 0 Å². The van der Waals surface area contributed by atoms with Crippen LogP contribution in [0, 0.1) is 0 Å². The largest absolute Gasteiger partial charge is 0.493 e. The Morgan fingerprint density at radius 3 is 2.46 bits per heavy atom. The maximum atomic E-state index is 12.4. The molecule has 0 saturated heterocycles. The molecule has 0 aliphatic rings. The summed E-state index contributed by atoms with van der Waals surface area (Å²) >= 11 is 6.11. The van der Waals surface area contributed by atoms with Gasteiger partial charge >= 0.3 is 0 Å². The monoisotopic (exact) mass is 398 g/mol. The minimum atomic E-state index is -0.519. The van der Waals surface area contributed by atoms with E-state index >= 15 is 0 Å². The van der Waals surface area contributed by atoms with Crippen molar-refractivity contribution in [2.24, 2.45) is 0 Å². The van der Waals surface area contributed by atoms with Gasteiger partial charge in [0.2, 0.25) is 5.91 Å². The normalized spacial score (nSPS) is 10.4. The Morgan fingerprint density at radius 2 is 1.71 bits per heavy atom. The first-order valence-corrected chi connectivity index (χ1v) is 8.88. The van der Waals surface area contributed by atoms with Crippen molar-refractivity contribution in [2.45, 2.75) is 6.42 Å². The molecule has 28 heavy (non-hydrogen) atoms. The summed E-state index contributed by atoms with van der Waals surface area (Å²) in [4.78, 5) is 24.6. The van der Waals surface area contributed by atoms with E-state index in [9.17, 15) is 9.59 Å². The van der Waals surface area contributed by atoms with E-state index in [1.165, 1.54) is 26.4 Å². The lowest BCUT2D eigenvalue weighted by Gasteiger charge is -2.12. The van der Waals surface area contributed by atoms with Gasteiger partial charge in [-0.15, -0.1) is 0 Å². The number of hydrogen-bond donors (Lipinski definition) is 2. The lowest BCUT2D eigenvalue weighted by Crippen LogP contribution is -2.42. The quantitative estimate of drug-likeness (QED) is 0.645. The van der Waals surface area contributed by atoms with Crippen molar-refractivity contribution in [3.8, 4) is 11.5 Å². The van der Waals surface area contributed by atoms with Gasteiger partial charge in [0.1, 0.15) is 0 Å². The topological polar surface area (TPSA) is 76.7 Å². The number of benzene rings is 3. The molecule has 0 bridgehead atoms. The van der Waals surface area contributed by atoms with E-state index in [2.05, 4.69) is 10.9 Å². The highest BCUT2D eigenvalue weighted by molar-refractivity contribution is 6.32. The number of rotatable bonds is 5. The van der Waals surface area contributed by atoms with Gasteiger partial charge in [-0.3, -0.25) is 20.4 Å². The Balaban J connectivity index is 1.67. The summed E-state index contributed by atoms with van der Waals surface area (Å²) in [6.07, 6.45) is 0.133. The van der Waals surface area contributed by atoms with Crippen LogP contribution < -0.4 is 20.3 Å². The Hall–Kier alpha value is -3.25. The SMILES string of the molecule is COc1cc(C(=O)NNC(=O)Cc2cccc3ccccc23)cc(Cl)c1OC. The second-order valence-electron chi connectivity index (χ2n) is 6.01. The van der Waals surface area contributed by atoms with Gasteiger partial charge in [-0.25, -0.2) is 0 Å². The second-order valence-corrected chi connectivity index (χ2v) is 6.42. The number of hydrazine groups is 1. The first-order chi connectivity index (χ1) is 13.5. The van der Waals surface area contributed by atoms with E-state index in [0.29, 0.717) is 11.5 Å². The minimum absolute atomic E-state index is 0.133. The second kappa shape index (κ2) is 8.63. The van der Waals surface area contributed by atoms with E-state index in [1.807, 2.05) is 42.5 Å². The zero-order valence-electron chi connectivity index (χ0n) is 15.4. The summed E-state index contributed by atoms with van der Waals surface area (Å²) in [7, 11) is 2.90. The average molecular weight is 399 g/mol. The van der Waals surface area contributed by atoms with Crippen LogP contribution in [0.15, 0.2) is 54.6 Å². The molecule has 3 rings (SSSR count). The van der Waals surface area contributed by atoms with E-state index in [-0.39, 0.29) is 22.9 Å². The molecule has 0 saturated carbocycles. The molecule has 0 fully saturated rings. The van der Waals surface area contributed by atoms with E-state index < -0.39 is 5.91 Å². The van der Waals surface area contributed by atoms with Gasteiger partial charge < -0.3 is 9.47 Å². The predicted molar refractivity (Wildman–Crippen MR) is 108 cm³/mol. The number of methoxy groups -OCH3 is 2. The van der Waals surface area contributed by atoms with Crippen LogP contribution in [0.5, 0.6) is 11.5 Å². The fourth-order valence-electron chi connectivity index (χ4n) is 2.91. The molecule has 2 N–H and O–H groups in total. The van der Waals surface area contributed by atoms with Crippen LogP contribution in [0.25, 0.3) is 10.8 Å². The highest BCUT2D eigenvalue weighted by Crippen LogP contribution is 2.35. The Kier molecular flexibility index (Phi) is 6.01. The molecule has 2 amide bonds. The predicted octanol–water partition coefficient (Wildman–Crippen LogP) is 3.51. The summed E-state index contributed by atoms with van der Waals surface area (Å²) in [6.45, 7) is 0. The van der Waals surface area contributed by atoms with Gasteiger partial charge in [-0.1, -0.05) is 54.1 Å². The van der Waals surface area contributed by atoms with Gasteiger partial charge in [0.15, 0.2) is 11.5 Å². The molecule has 0 unspecified atom stereocenters. The molecule has 0 radical (unpaired) electrons. The number of ether oxygens (including phenoxy) is 2. The van der Waals surface area contributed by atoms with Crippen LogP contribution in [0.3, 0.4) is 0 Å². The molecule has 0 aliphatic heterocycles. The zero-order chi connectivity index (χ0) is 20.1. The molecular weight excluding hydrogens is 380 g/mol. The third kappa shape index (κ3) is 4.18. The molecular formula is C21H19ClN2O4. The molecule has 0 atom stereocenters. The first-order valence-electron chi connectivity index (χ1n) is 8.51. The number of carbonyl (C=O) groups excluding carboxylic acids is 2.